The van der Waals surface area contributed by atoms with Crippen LogP contribution < -0.4 is 0 Å². The second-order valence-electron chi connectivity index (χ2n) is 7.58. The molecule has 0 aromatic rings. The van der Waals surface area contributed by atoms with E-state index in [-0.39, 0.29) is 5.92 Å². The normalized spacial score (nSPS) is 26.8. The van der Waals surface area contributed by atoms with Crippen LogP contribution in [0.3, 0.4) is 0 Å². The van der Waals surface area contributed by atoms with Gasteiger partial charge in [0, 0.05) is 24.9 Å². The number of hydrogen-bond acceptors (Lipinski definition) is 2. The maximum Gasteiger partial charge on any atom is 0.137 e. The van der Waals surface area contributed by atoms with E-state index in [0.29, 0.717) is 23.2 Å². The van der Waals surface area contributed by atoms with Crippen LogP contribution in [0.5, 0.6) is 0 Å². The Morgan fingerprint density at radius 3 is 2.53 bits per heavy atom. The Labute approximate surface area is 119 Å². The Kier molecular flexibility index (Phi) is 6.04. The van der Waals surface area contributed by atoms with E-state index in [9.17, 15) is 4.79 Å². The van der Waals surface area contributed by atoms with Gasteiger partial charge in [0.25, 0.3) is 0 Å². The van der Waals surface area contributed by atoms with Crippen molar-refractivity contribution in [2.24, 2.45) is 17.3 Å². The second kappa shape index (κ2) is 6.88. The summed E-state index contributed by atoms with van der Waals surface area (Å²) in [4.78, 5) is 14.5. The van der Waals surface area contributed by atoms with E-state index in [1.807, 2.05) is 0 Å². The van der Waals surface area contributed by atoms with Crippen molar-refractivity contribution in [3.63, 3.8) is 0 Å². The van der Waals surface area contributed by atoms with Crippen molar-refractivity contribution in [3.8, 4) is 0 Å². The van der Waals surface area contributed by atoms with E-state index < -0.39 is 0 Å². The molecule has 3 atom stereocenters. The standard InChI is InChI=1S/C17H33NO/c1-7-8-13(2)18(6)12-14-11-15(17(3,4)5)9-10-16(14)19/h13-15H,7-12H2,1-6H3. The van der Waals surface area contributed by atoms with Crippen LogP contribution in [0.25, 0.3) is 0 Å². The largest absolute Gasteiger partial charge is 0.303 e. The molecule has 0 spiro atoms. The molecule has 0 amide bonds. The van der Waals surface area contributed by atoms with Gasteiger partial charge in [0.05, 0.1) is 0 Å². The van der Waals surface area contributed by atoms with Gasteiger partial charge in [0.15, 0.2) is 0 Å². The molecular weight excluding hydrogens is 234 g/mol. The number of nitrogens with zero attached hydrogens (tertiary/aromatic N) is 1. The first-order chi connectivity index (χ1) is 8.75. The predicted molar refractivity (Wildman–Crippen MR) is 82.3 cm³/mol. The molecule has 2 nitrogen and oxygen atoms in total. The second-order valence-corrected chi connectivity index (χ2v) is 7.58. The average Bonchev–Trinajstić information content (AvgIpc) is 2.30. The SMILES string of the molecule is CCCC(C)N(C)CC1CC(C(C)(C)C)CCC1=O. The summed E-state index contributed by atoms with van der Waals surface area (Å²) in [6, 6.07) is 0.591. The molecule has 2 heteroatoms. The van der Waals surface area contributed by atoms with Crippen LogP contribution in [0.1, 0.15) is 66.7 Å². The summed E-state index contributed by atoms with van der Waals surface area (Å²) >= 11 is 0. The topological polar surface area (TPSA) is 20.3 Å². The molecule has 0 aromatic carbocycles. The third-order valence-corrected chi connectivity index (χ3v) is 4.96. The van der Waals surface area contributed by atoms with E-state index >= 15 is 0 Å². The molecule has 3 unspecified atom stereocenters. The molecule has 1 rings (SSSR count). The van der Waals surface area contributed by atoms with Gasteiger partial charge in [-0.1, -0.05) is 34.1 Å². The number of ketones is 1. The first-order valence-corrected chi connectivity index (χ1v) is 7.98. The molecule has 0 aliphatic heterocycles. The van der Waals surface area contributed by atoms with Crippen LogP contribution in [0.4, 0.5) is 0 Å². The van der Waals surface area contributed by atoms with Crippen LogP contribution in [0.15, 0.2) is 0 Å². The lowest BCUT2D eigenvalue weighted by Gasteiger charge is -2.39. The van der Waals surface area contributed by atoms with Gasteiger partial charge in [-0.3, -0.25) is 4.79 Å². The highest BCUT2D eigenvalue weighted by molar-refractivity contribution is 5.82. The van der Waals surface area contributed by atoms with Gasteiger partial charge < -0.3 is 4.90 Å². The van der Waals surface area contributed by atoms with Crippen molar-refractivity contribution < 1.29 is 4.79 Å². The van der Waals surface area contributed by atoms with Crippen molar-refractivity contribution in [3.05, 3.63) is 0 Å². The molecule has 1 fully saturated rings. The monoisotopic (exact) mass is 267 g/mol. The Hall–Kier alpha value is -0.370. The number of rotatable bonds is 5. The minimum atomic E-state index is 0.266. The third-order valence-electron chi connectivity index (χ3n) is 4.96. The van der Waals surface area contributed by atoms with Gasteiger partial charge in [-0.2, -0.15) is 0 Å². The minimum Gasteiger partial charge on any atom is -0.303 e. The summed E-state index contributed by atoms with van der Waals surface area (Å²) in [5.74, 6) is 1.46. The average molecular weight is 267 g/mol. The number of hydrogen-bond donors (Lipinski definition) is 0. The fourth-order valence-electron chi connectivity index (χ4n) is 3.24. The van der Waals surface area contributed by atoms with Crippen molar-refractivity contribution >= 4 is 5.78 Å². The van der Waals surface area contributed by atoms with Crippen molar-refractivity contribution in [1.29, 1.82) is 0 Å². The van der Waals surface area contributed by atoms with E-state index in [1.165, 1.54) is 12.8 Å². The molecule has 0 N–H and O–H groups in total. The first kappa shape index (κ1) is 16.7. The van der Waals surface area contributed by atoms with Crippen molar-refractivity contribution in [2.75, 3.05) is 13.6 Å². The molecular formula is C17H33NO. The summed E-state index contributed by atoms with van der Waals surface area (Å²) in [5.41, 5.74) is 0.340. The quantitative estimate of drug-likeness (QED) is 0.746. The van der Waals surface area contributed by atoms with Crippen LogP contribution in [-0.4, -0.2) is 30.3 Å². The van der Waals surface area contributed by atoms with E-state index in [2.05, 4.69) is 46.6 Å². The van der Waals surface area contributed by atoms with Gasteiger partial charge >= 0.3 is 0 Å². The molecule has 0 bridgehead atoms. The fourth-order valence-corrected chi connectivity index (χ4v) is 3.24. The molecule has 1 aliphatic rings. The van der Waals surface area contributed by atoms with Crippen molar-refractivity contribution in [1.82, 2.24) is 4.90 Å². The maximum atomic E-state index is 12.2. The van der Waals surface area contributed by atoms with Crippen LogP contribution in [-0.2, 0) is 4.79 Å². The zero-order valence-corrected chi connectivity index (χ0v) is 13.8. The van der Waals surface area contributed by atoms with Gasteiger partial charge in [0.2, 0.25) is 0 Å². The smallest absolute Gasteiger partial charge is 0.137 e. The van der Waals surface area contributed by atoms with Gasteiger partial charge in [-0.25, -0.2) is 0 Å². The Balaban J connectivity index is 2.57. The zero-order valence-electron chi connectivity index (χ0n) is 13.8. The number of Topliss-reactive ketones (excluding diaryl/α,β-unsaturated/α-hetero) is 1. The Morgan fingerprint density at radius 2 is 2.00 bits per heavy atom. The summed E-state index contributed by atoms with van der Waals surface area (Å²) < 4.78 is 0. The lowest BCUT2D eigenvalue weighted by atomic mass is 9.68. The molecule has 0 saturated heterocycles. The zero-order chi connectivity index (χ0) is 14.6. The maximum absolute atomic E-state index is 12.2. The summed E-state index contributed by atoms with van der Waals surface area (Å²) in [6.45, 7) is 12.4. The highest BCUT2D eigenvalue weighted by Gasteiger charge is 2.35. The first-order valence-electron chi connectivity index (χ1n) is 7.98. The van der Waals surface area contributed by atoms with E-state index in [1.54, 1.807) is 0 Å². The molecule has 112 valence electrons. The predicted octanol–water partition coefficient (Wildman–Crippen LogP) is 4.14. The van der Waals surface area contributed by atoms with Crippen LogP contribution >= 0.6 is 0 Å². The molecule has 1 aliphatic carbocycles. The summed E-state index contributed by atoms with van der Waals surface area (Å²) in [6.07, 6.45) is 5.41. The third kappa shape index (κ3) is 4.91. The summed E-state index contributed by atoms with van der Waals surface area (Å²) in [5, 5.41) is 0. The van der Waals surface area contributed by atoms with Gasteiger partial charge in [-0.05, 0) is 44.6 Å². The molecule has 0 radical (unpaired) electrons. The minimum absolute atomic E-state index is 0.266. The number of carbonyl (C=O) groups excluding carboxylic acids is 1. The van der Waals surface area contributed by atoms with Crippen LogP contribution in [0.2, 0.25) is 0 Å². The van der Waals surface area contributed by atoms with Gasteiger partial charge in [0.1, 0.15) is 5.78 Å². The lowest BCUT2D eigenvalue weighted by Crippen LogP contribution is -2.40. The highest BCUT2D eigenvalue weighted by Crippen LogP contribution is 2.39. The highest BCUT2D eigenvalue weighted by atomic mass is 16.1. The Bertz CT molecular complexity index is 292. The molecule has 0 aromatic heterocycles. The molecule has 1 saturated carbocycles. The van der Waals surface area contributed by atoms with E-state index in [4.69, 9.17) is 0 Å². The van der Waals surface area contributed by atoms with E-state index in [0.717, 1.165) is 25.8 Å². The molecule has 0 heterocycles. The lowest BCUT2D eigenvalue weighted by molar-refractivity contribution is -0.127. The summed E-state index contributed by atoms with van der Waals surface area (Å²) in [7, 11) is 2.17. The Morgan fingerprint density at radius 1 is 1.37 bits per heavy atom. The fraction of sp³-hybridized carbons (Fsp3) is 0.941. The van der Waals surface area contributed by atoms with Gasteiger partial charge in [-0.15, -0.1) is 0 Å². The van der Waals surface area contributed by atoms with Crippen molar-refractivity contribution in [2.45, 2.75) is 72.8 Å². The number of carbonyl (C=O) groups is 1. The molecule has 19 heavy (non-hydrogen) atoms. The van der Waals surface area contributed by atoms with Crippen LogP contribution in [0, 0.1) is 17.3 Å².